The Labute approximate surface area is 115 Å². The van der Waals surface area contributed by atoms with Crippen molar-refractivity contribution in [2.75, 3.05) is 26.0 Å². The van der Waals surface area contributed by atoms with E-state index in [0.29, 0.717) is 10.8 Å². The molecule has 2 rings (SSSR count). The third kappa shape index (κ3) is 3.55. The summed E-state index contributed by atoms with van der Waals surface area (Å²) in [6.07, 6.45) is 2.28. The maximum absolute atomic E-state index is 11.5. The van der Waals surface area contributed by atoms with E-state index in [0.717, 1.165) is 31.7 Å². The first-order chi connectivity index (χ1) is 9.02. The molecule has 0 spiro atoms. The molecule has 4 nitrogen and oxygen atoms in total. The first kappa shape index (κ1) is 14.5. The van der Waals surface area contributed by atoms with Crippen molar-refractivity contribution in [1.29, 1.82) is 0 Å². The summed E-state index contributed by atoms with van der Waals surface area (Å²) >= 11 is 0. The van der Waals surface area contributed by atoms with Gasteiger partial charge in [0.25, 0.3) is 0 Å². The van der Waals surface area contributed by atoms with E-state index in [9.17, 15) is 8.42 Å². The van der Waals surface area contributed by atoms with Crippen LogP contribution in [-0.2, 0) is 14.6 Å². The lowest BCUT2D eigenvalue weighted by atomic mass is 9.92. The van der Waals surface area contributed by atoms with Crippen LogP contribution in [0.3, 0.4) is 0 Å². The molecule has 0 aromatic heterocycles. The molecule has 0 aliphatic carbocycles. The maximum atomic E-state index is 11.5. The van der Waals surface area contributed by atoms with Crippen LogP contribution in [0, 0.1) is 5.92 Å². The molecule has 1 heterocycles. The topological polar surface area (TPSA) is 55.4 Å². The predicted molar refractivity (Wildman–Crippen MR) is 74.9 cm³/mol. The summed E-state index contributed by atoms with van der Waals surface area (Å²) in [4.78, 5) is 0.370. The highest BCUT2D eigenvalue weighted by Gasteiger charge is 2.26. The van der Waals surface area contributed by atoms with Crippen molar-refractivity contribution in [1.82, 2.24) is 5.32 Å². The molecule has 106 valence electrons. The zero-order chi connectivity index (χ0) is 13.9. The standard InChI is InChI=1S/C14H21NO3S/c1-3-15-14(12-8-9-18-10-12)11-4-6-13(7-5-11)19(2,16)17/h4-7,12,14-15H,3,8-10H2,1-2H3. The number of ether oxygens (including phenoxy) is 1. The fraction of sp³-hybridized carbons (Fsp3) is 0.571. The van der Waals surface area contributed by atoms with Gasteiger partial charge in [0.15, 0.2) is 9.84 Å². The minimum atomic E-state index is -3.12. The predicted octanol–water partition coefficient (Wildman–Crippen LogP) is 1.78. The molecule has 2 unspecified atom stereocenters. The van der Waals surface area contributed by atoms with E-state index in [1.807, 2.05) is 12.1 Å². The van der Waals surface area contributed by atoms with E-state index in [-0.39, 0.29) is 6.04 Å². The van der Waals surface area contributed by atoms with Gasteiger partial charge in [0.05, 0.1) is 11.5 Å². The zero-order valence-electron chi connectivity index (χ0n) is 11.4. The first-order valence-electron chi connectivity index (χ1n) is 6.63. The smallest absolute Gasteiger partial charge is 0.175 e. The van der Waals surface area contributed by atoms with Gasteiger partial charge in [-0.1, -0.05) is 19.1 Å². The van der Waals surface area contributed by atoms with Crippen molar-refractivity contribution in [3.63, 3.8) is 0 Å². The molecule has 0 radical (unpaired) electrons. The van der Waals surface area contributed by atoms with Gasteiger partial charge < -0.3 is 10.1 Å². The SMILES string of the molecule is CCNC(c1ccc(S(C)(=O)=O)cc1)C1CCOC1. The molecule has 0 bridgehead atoms. The van der Waals surface area contributed by atoms with Gasteiger partial charge in [-0.3, -0.25) is 0 Å². The van der Waals surface area contributed by atoms with Crippen LogP contribution >= 0.6 is 0 Å². The minimum absolute atomic E-state index is 0.237. The van der Waals surface area contributed by atoms with Gasteiger partial charge in [-0.25, -0.2) is 8.42 Å². The van der Waals surface area contributed by atoms with E-state index < -0.39 is 9.84 Å². The van der Waals surface area contributed by atoms with Crippen molar-refractivity contribution in [2.24, 2.45) is 5.92 Å². The van der Waals surface area contributed by atoms with Crippen LogP contribution in [0.15, 0.2) is 29.2 Å². The maximum Gasteiger partial charge on any atom is 0.175 e. The highest BCUT2D eigenvalue weighted by Crippen LogP contribution is 2.29. The molecule has 1 aliphatic rings. The van der Waals surface area contributed by atoms with Crippen LogP contribution in [0.2, 0.25) is 0 Å². The average Bonchev–Trinajstić information content (AvgIpc) is 2.89. The molecular formula is C14H21NO3S. The molecule has 19 heavy (non-hydrogen) atoms. The Balaban J connectivity index is 2.22. The van der Waals surface area contributed by atoms with E-state index in [4.69, 9.17) is 4.74 Å². The van der Waals surface area contributed by atoms with Gasteiger partial charge in [-0.2, -0.15) is 0 Å². The lowest BCUT2D eigenvalue weighted by molar-refractivity contribution is 0.177. The molecule has 0 saturated carbocycles. The summed E-state index contributed by atoms with van der Waals surface area (Å²) in [5, 5.41) is 3.47. The fourth-order valence-corrected chi connectivity index (χ4v) is 3.15. The molecule has 1 aromatic carbocycles. The van der Waals surface area contributed by atoms with Crippen molar-refractivity contribution in [3.05, 3.63) is 29.8 Å². The monoisotopic (exact) mass is 283 g/mol. The van der Waals surface area contributed by atoms with Crippen molar-refractivity contribution in [2.45, 2.75) is 24.3 Å². The number of rotatable bonds is 5. The van der Waals surface area contributed by atoms with Crippen LogP contribution in [0.25, 0.3) is 0 Å². The van der Waals surface area contributed by atoms with Gasteiger partial charge in [-0.05, 0) is 30.7 Å². The van der Waals surface area contributed by atoms with Crippen molar-refractivity contribution in [3.8, 4) is 0 Å². The third-order valence-corrected chi connectivity index (χ3v) is 4.66. The van der Waals surface area contributed by atoms with Crippen LogP contribution in [0.5, 0.6) is 0 Å². The molecule has 1 N–H and O–H groups in total. The number of sulfone groups is 1. The second-order valence-electron chi connectivity index (χ2n) is 5.00. The summed E-state index contributed by atoms with van der Waals surface area (Å²) in [7, 11) is -3.12. The second kappa shape index (κ2) is 6.03. The van der Waals surface area contributed by atoms with Crippen LogP contribution in [-0.4, -0.2) is 34.4 Å². The third-order valence-electron chi connectivity index (χ3n) is 3.53. The largest absolute Gasteiger partial charge is 0.381 e. The molecule has 1 aliphatic heterocycles. The van der Waals surface area contributed by atoms with Crippen molar-refractivity contribution >= 4 is 9.84 Å². The molecule has 2 atom stereocenters. The number of nitrogens with one attached hydrogen (secondary N) is 1. The normalized spacial score (nSPS) is 21.5. The highest BCUT2D eigenvalue weighted by molar-refractivity contribution is 7.90. The zero-order valence-corrected chi connectivity index (χ0v) is 12.2. The Bertz CT molecular complexity index is 504. The average molecular weight is 283 g/mol. The Morgan fingerprint density at radius 2 is 2.05 bits per heavy atom. The van der Waals surface area contributed by atoms with Crippen LogP contribution in [0.1, 0.15) is 24.9 Å². The molecule has 1 aromatic rings. The Kier molecular flexibility index (Phi) is 4.60. The number of benzene rings is 1. The number of hydrogen-bond acceptors (Lipinski definition) is 4. The molecular weight excluding hydrogens is 262 g/mol. The molecule has 5 heteroatoms. The van der Waals surface area contributed by atoms with Crippen molar-refractivity contribution < 1.29 is 13.2 Å². The summed E-state index contributed by atoms with van der Waals surface area (Å²) in [6.45, 7) is 4.54. The molecule has 1 saturated heterocycles. The fourth-order valence-electron chi connectivity index (χ4n) is 2.51. The number of hydrogen-bond donors (Lipinski definition) is 1. The van der Waals surface area contributed by atoms with E-state index in [2.05, 4.69) is 12.2 Å². The van der Waals surface area contributed by atoms with Gasteiger partial charge in [0.2, 0.25) is 0 Å². The first-order valence-corrected chi connectivity index (χ1v) is 8.52. The van der Waals surface area contributed by atoms with Gasteiger partial charge in [0, 0.05) is 24.8 Å². The lowest BCUT2D eigenvalue weighted by Crippen LogP contribution is -2.28. The summed E-state index contributed by atoms with van der Waals surface area (Å²) in [6, 6.07) is 7.42. The van der Waals surface area contributed by atoms with E-state index in [1.165, 1.54) is 6.26 Å². The van der Waals surface area contributed by atoms with Gasteiger partial charge in [0.1, 0.15) is 0 Å². The minimum Gasteiger partial charge on any atom is -0.381 e. The van der Waals surface area contributed by atoms with E-state index >= 15 is 0 Å². The molecule has 0 amide bonds. The Morgan fingerprint density at radius 3 is 2.53 bits per heavy atom. The Hall–Kier alpha value is -0.910. The summed E-state index contributed by atoms with van der Waals surface area (Å²) in [5.74, 6) is 0.462. The van der Waals surface area contributed by atoms with Gasteiger partial charge >= 0.3 is 0 Å². The molecule has 1 fully saturated rings. The van der Waals surface area contributed by atoms with Crippen LogP contribution < -0.4 is 5.32 Å². The summed E-state index contributed by atoms with van der Waals surface area (Å²) in [5.41, 5.74) is 1.13. The summed E-state index contributed by atoms with van der Waals surface area (Å²) < 4.78 is 28.4. The second-order valence-corrected chi connectivity index (χ2v) is 7.02. The van der Waals surface area contributed by atoms with E-state index in [1.54, 1.807) is 12.1 Å². The Morgan fingerprint density at radius 1 is 1.37 bits per heavy atom. The van der Waals surface area contributed by atoms with Gasteiger partial charge in [-0.15, -0.1) is 0 Å². The van der Waals surface area contributed by atoms with Crippen LogP contribution in [0.4, 0.5) is 0 Å². The highest BCUT2D eigenvalue weighted by atomic mass is 32.2. The lowest BCUT2D eigenvalue weighted by Gasteiger charge is -2.24. The quantitative estimate of drug-likeness (QED) is 0.895.